The fraction of sp³-hybridized carbons (Fsp3) is 0.294. The molecule has 0 aliphatic heterocycles. The first-order valence-corrected chi connectivity index (χ1v) is 7.33. The van der Waals surface area contributed by atoms with Crippen LogP contribution < -0.4 is 15.2 Å². The number of amides is 2. The molecular formula is C17H20N2O5. The molecule has 1 aromatic heterocycles. The monoisotopic (exact) mass is 332 g/mol. The lowest BCUT2D eigenvalue weighted by Gasteiger charge is -2.23. The molecule has 0 aliphatic carbocycles. The van der Waals surface area contributed by atoms with Crippen molar-refractivity contribution in [2.75, 3.05) is 20.8 Å². The highest BCUT2D eigenvalue weighted by Gasteiger charge is 2.22. The van der Waals surface area contributed by atoms with Crippen LogP contribution >= 0.6 is 0 Å². The average molecular weight is 332 g/mol. The smallest absolute Gasteiger partial charge is 0.255 e. The first kappa shape index (κ1) is 17.4. The molecule has 7 heteroatoms. The van der Waals surface area contributed by atoms with E-state index in [-0.39, 0.29) is 18.6 Å². The minimum absolute atomic E-state index is 0.196. The van der Waals surface area contributed by atoms with E-state index in [9.17, 15) is 9.59 Å². The van der Waals surface area contributed by atoms with Crippen molar-refractivity contribution in [3.63, 3.8) is 0 Å². The minimum Gasteiger partial charge on any atom is -0.493 e. The Hall–Kier alpha value is -2.96. The van der Waals surface area contributed by atoms with Crippen molar-refractivity contribution >= 4 is 11.8 Å². The van der Waals surface area contributed by atoms with E-state index in [1.807, 2.05) is 13.0 Å². The Morgan fingerprint density at radius 3 is 2.62 bits per heavy atom. The number of primary amides is 1. The maximum Gasteiger partial charge on any atom is 0.255 e. The fourth-order valence-electron chi connectivity index (χ4n) is 2.17. The summed E-state index contributed by atoms with van der Waals surface area (Å²) in [6, 6.07) is 8.11. The molecule has 0 saturated heterocycles. The van der Waals surface area contributed by atoms with E-state index in [1.165, 1.54) is 7.11 Å². The van der Waals surface area contributed by atoms with Crippen molar-refractivity contribution in [3.05, 3.63) is 47.9 Å². The Morgan fingerprint density at radius 1 is 1.29 bits per heavy atom. The van der Waals surface area contributed by atoms with Gasteiger partial charge in [-0.3, -0.25) is 9.59 Å². The van der Waals surface area contributed by atoms with Gasteiger partial charge in [0.2, 0.25) is 0 Å². The number of methoxy groups -OCH3 is 1. The molecule has 128 valence electrons. The summed E-state index contributed by atoms with van der Waals surface area (Å²) in [4.78, 5) is 25.0. The zero-order chi connectivity index (χ0) is 17.7. The van der Waals surface area contributed by atoms with Crippen molar-refractivity contribution < 1.29 is 23.5 Å². The molecule has 1 heterocycles. The van der Waals surface area contributed by atoms with E-state index in [2.05, 4.69) is 0 Å². The van der Waals surface area contributed by atoms with Crippen molar-refractivity contribution in [1.82, 2.24) is 4.90 Å². The number of benzene rings is 1. The van der Waals surface area contributed by atoms with Gasteiger partial charge in [0.05, 0.1) is 19.4 Å². The molecule has 1 unspecified atom stereocenters. The number of carbonyl (C=O) groups is 2. The van der Waals surface area contributed by atoms with Gasteiger partial charge in [-0.05, 0) is 37.3 Å². The van der Waals surface area contributed by atoms with Crippen LogP contribution in [0.15, 0.2) is 41.0 Å². The van der Waals surface area contributed by atoms with E-state index in [4.69, 9.17) is 19.6 Å². The SMILES string of the molecule is COc1cc(C(=O)N(C)C(C)c2ccco2)ccc1OCC(N)=O. The first-order chi connectivity index (χ1) is 11.4. The van der Waals surface area contributed by atoms with Crippen LogP contribution in [0.4, 0.5) is 0 Å². The summed E-state index contributed by atoms with van der Waals surface area (Å²) >= 11 is 0. The van der Waals surface area contributed by atoms with E-state index in [0.717, 1.165) is 0 Å². The van der Waals surface area contributed by atoms with Crippen molar-refractivity contribution in [2.24, 2.45) is 5.73 Å². The molecule has 1 atom stereocenters. The lowest BCUT2D eigenvalue weighted by molar-refractivity contribution is -0.119. The van der Waals surface area contributed by atoms with Crippen LogP contribution in [0.5, 0.6) is 11.5 Å². The molecule has 1 aromatic carbocycles. The van der Waals surface area contributed by atoms with Crippen molar-refractivity contribution in [2.45, 2.75) is 13.0 Å². The molecule has 2 amide bonds. The highest BCUT2D eigenvalue weighted by molar-refractivity contribution is 5.95. The van der Waals surface area contributed by atoms with Crippen LogP contribution in [0.2, 0.25) is 0 Å². The Bertz CT molecular complexity index is 712. The third-order valence-corrected chi connectivity index (χ3v) is 3.64. The second-order valence-corrected chi connectivity index (χ2v) is 5.23. The molecular weight excluding hydrogens is 312 g/mol. The summed E-state index contributed by atoms with van der Waals surface area (Å²) < 4.78 is 15.8. The summed E-state index contributed by atoms with van der Waals surface area (Å²) in [5.74, 6) is 0.595. The summed E-state index contributed by atoms with van der Waals surface area (Å²) in [6.45, 7) is 1.61. The third kappa shape index (κ3) is 3.87. The zero-order valence-corrected chi connectivity index (χ0v) is 13.8. The second kappa shape index (κ2) is 7.54. The quantitative estimate of drug-likeness (QED) is 0.836. The third-order valence-electron chi connectivity index (χ3n) is 3.64. The normalized spacial score (nSPS) is 11.6. The van der Waals surface area contributed by atoms with Gasteiger partial charge in [0.1, 0.15) is 5.76 Å². The minimum atomic E-state index is -0.593. The number of furan rings is 1. The van der Waals surface area contributed by atoms with Gasteiger partial charge < -0.3 is 24.5 Å². The molecule has 0 fully saturated rings. The number of ether oxygens (including phenoxy) is 2. The standard InChI is InChI=1S/C17H20N2O5/c1-11(13-5-4-8-23-13)19(2)17(21)12-6-7-14(15(9-12)22-3)24-10-16(18)20/h4-9,11H,10H2,1-3H3,(H2,18,20). The van der Waals surface area contributed by atoms with Crippen LogP contribution in [-0.4, -0.2) is 37.5 Å². The van der Waals surface area contributed by atoms with Gasteiger partial charge in [-0.15, -0.1) is 0 Å². The average Bonchev–Trinajstić information content (AvgIpc) is 3.12. The fourth-order valence-corrected chi connectivity index (χ4v) is 2.17. The molecule has 24 heavy (non-hydrogen) atoms. The second-order valence-electron chi connectivity index (χ2n) is 5.23. The molecule has 2 aromatic rings. The van der Waals surface area contributed by atoms with Gasteiger partial charge in [-0.2, -0.15) is 0 Å². The largest absolute Gasteiger partial charge is 0.493 e. The Balaban J connectivity index is 2.18. The highest BCUT2D eigenvalue weighted by atomic mass is 16.5. The summed E-state index contributed by atoms with van der Waals surface area (Å²) in [7, 11) is 3.15. The van der Waals surface area contributed by atoms with Crippen LogP contribution in [0.3, 0.4) is 0 Å². The van der Waals surface area contributed by atoms with E-state index in [1.54, 1.807) is 42.5 Å². The molecule has 2 N–H and O–H groups in total. The Morgan fingerprint density at radius 2 is 2.04 bits per heavy atom. The van der Waals surface area contributed by atoms with Crippen LogP contribution in [0, 0.1) is 0 Å². The lowest BCUT2D eigenvalue weighted by atomic mass is 10.1. The van der Waals surface area contributed by atoms with Gasteiger partial charge in [0.25, 0.3) is 11.8 Å². The van der Waals surface area contributed by atoms with Crippen molar-refractivity contribution in [1.29, 1.82) is 0 Å². The Kier molecular flexibility index (Phi) is 5.47. The molecule has 7 nitrogen and oxygen atoms in total. The molecule has 0 bridgehead atoms. The van der Waals surface area contributed by atoms with Crippen LogP contribution in [0.25, 0.3) is 0 Å². The van der Waals surface area contributed by atoms with E-state index in [0.29, 0.717) is 22.8 Å². The predicted octanol–water partition coefficient (Wildman–Crippen LogP) is 1.99. The van der Waals surface area contributed by atoms with Crippen LogP contribution in [0.1, 0.15) is 29.1 Å². The zero-order valence-electron chi connectivity index (χ0n) is 13.8. The molecule has 0 saturated carbocycles. The molecule has 0 radical (unpaired) electrons. The van der Waals surface area contributed by atoms with Gasteiger partial charge in [-0.1, -0.05) is 0 Å². The number of nitrogens with zero attached hydrogens (tertiary/aromatic N) is 1. The molecule has 0 aliphatic rings. The first-order valence-electron chi connectivity index (χ1n) is 7.33. The number of nitrogens with two attached hydrogens (primary N) is 1. The summed E-state index contributed by atoms with van der Waals surface area (Å²) in [5.41, 5.74) is 5.48. The topological polar surface area (TPSA) is 95.0 Å². The number of rotatable bonds is 7. The van der Waals surface area contributed by atoms with E-state index >= 15 is 0 Å². The number of hydrogen-bond acceptors (Lipinski definition) is 5. The van der Waals surface area contributed by atoms with Gasteiger partial charge in [0, 0.05) is 12.6 Å². The summed E-state index contributed by atoms with van der Waals surface area (Å²) in [5, 5.41) is 0. The number of hydrogen-bond donors (Lipinski definition) is 1. The molecule has 0 spiro atoms. The maximum absolute atomic E-state index is 12.6. The van der Waals surface area contributed by atoms with E-state index < -0.39 is 5.91 Å². The van der Waals surface area contributed by atoms with Crippen LogP contribution in [-0.2, 0) is 4.79 Å². The molecule has 2 rings (SSSR count). The highest BCUT2D eigenvalue weighted by Crippen LogP contribution is 2.29. The van der Waals surface area contributed by atoms with Gasteiger partial charge in [0.15, 0.2) is 18.1 Å². The predicted molar refractivity (Wildman–Crippen MR) is 86.9 cm³/mol. The van der Waals surface area contributed by atoms with Gasteiger partial charge >= 0.3 is 0 Å². The van der Waals surface area contributed by atoms with Crippen molar-refractivity contribution in [3.8, 4) is 11.5 Å². The maximum atomic E-state index is 12.6. The Labute approximate surface area is 139 Å². The summed E-state index contributed by atoms with van der Waals surface area (Å²) in [6.07, 6.45) is 1.57. The lowest BCUT2D eigenvalue weighted by Crippen LogP contribution is -2.29. The number of carbonyl (C=O) groups excluding carboxylic acids is 2. The van der Waals surface area contributed by atoms with Gasteiger partial charge in [-0.25, -0.2) is 0 Å².